The smallest absolute Gasteiger partial charge is 0.164 e. The number of carbonyl (C=O) groups is 1. The van der Waals surface area contributed by atoms with E-state index in [4.69, 9.17) is 9.47 Å². The molecule has 11 heavy (non-hydrogen) atoms. The number of ether oxygens (including phenoxy) is 2. The molecule has 64 valence electrons. The van der Waals surface area contributed by atoms with Crippen molar-refractivity contribution in [1.29, 1.82) is 0 Å². The number of hydrogen-bond acceptors (Lipinski definition) is 3. The molecule has 1 aliphatic heterocycles. The Hall–Kier alpha value is -0.410. The highest BCUT2D eigenvalue weighted by Crippen LogP contribution is 2.27. The number of ketones is 1. The highest BCUT2D eigenvalue weighted by Gasteiger charge is 2.40. The lowest BCUT2D eigenvalue weighted by Crippen LogP contribution is -2.27. The lowest BCUT2D eigenvalue weighted by molar-refractivity contribution is -0.153. The Morgan fingerprint density at radius 1 is 1.36 bits per heavy atom. The van der Waals surface area contributed by atoms with E-state index in [2.05, 4.69) is 0 Å². The van der Waals surface area contributed by atoms with E-state index in [9.17, 15) is 4.79 Å². The fourth-order valence-corrected chi connectivity index (χ4v) is 1.35. The molecule has 0 aliphatic carbocycles. The van der Waals surface area contributed by atoms with Crippen molar-refractivity contribution in [3.63, 3.8) is 0 Å². The van der Waals surface area contributed by atoms with Gasteiger partial charge in [-0.3, -0.25) is 4.79 Å². The molecule has 0 bridgehead atoms. The largest absolute Gasteiger partial charge is 0.344 e. The van der Waals surface area contributed by atoms with E-state index in [-0.39, 0.29) is 18.0 Å². The van der Waals surface area contributed by atoms with Crippen LogP contribution in [0, 0.1) is 0 Å². The highest BCUT2D eigenvalue weighted by atomic mass is 16.8. The Labute approximate surface area is 66.7 Å². The third-order valence-corrected chi connectivity index (χ3v) is 1.71. The van der Waals surface area contributed by atoms with Gasteiger partial charge in [0, 0.05) is 0 Å². The molecule has 0 spiro atoms. The molecule has 1 rings (SSSR count). The van der Waals surface area contributed by atoms with Crippen molar-refractivity contribution in [2.24, 2.45) is 0 Å². The normalized spacial score (nSPS) is 35.6. The molecule has 2 unspecified atom stereocenters. The molecule has 0 aromatic rings. The van der Waals surface area contributed by atoms with Crippen LogP contribution in [0.25, 0.3) is 0 Å². The number of Topliss-reactive ketones (excluding diaryl/α,β-unsaturated/α-hetero) is 1. The molecule has 0 amide bonds. The SMILES string of the molecule is CC(=O)C1OC(C)(C)OC1C. The molecule has 0 N–H and O–H groups in total. The molecule has 2 atom stereocenters. The third-order valence-electron chi connectivity index (χ3n) is 1.71. The quantitative estimate of drug-likeness (QED) is 0.573. The maximum atomic E-state index is 10.9. The van der Waals surface area contributed by atoms with Crippen molar-refractivity contribution < 1.29 is 14.3 Å². The molecule has 3 heteroatoms. The van der Waals surface area contributed by atoms with Crippen LogP contribution in [0.4, 0.5) is 0 Å². The summed E-state index contributed by atoms with van der Waals surface area (Å²) in [5.41, 5.74) is 0. The van der Waals surface area contributed by atoms with Gasteiger partial charge in [0.2, 0.25) is 0 Å². The third kappa shape index (κ3) is 1.79. The zero-order valence-corrected chi connectivity index (χ0v) is 7.38. The predicted molar refractivity (Wildman–Crippen MR) is 40.2 cm³/mol. The van der Waals surface area contributed by atoms with Gasteiger partial charge in [-0.05, 0) is 27.7 Å². The molecule has 1 aliphatic rings. The summed E-state index contributed by atoms with van der Waals surface area (Å²) in [4.78, 5) is 10.9. The van der Waals surface area contributed by atoms with Crippen molar-refractivity contribution >= 4 is 5.78 Å². The van der Waals surface area contributed by atoms with Crippen LogP contribution in [0.2, 0.25) is 0 Å². The zero-order valence-electron chi connectivity index (χ0n) is 7.38. The minimum Gasteiger partial charge on any atom is -0.344 e. The molecule has 1 fully saturated rings. The summed E-state index contributed by atoms with van der Waals surface area (Å²) in [5.74, 6) is -0.571. The first-order valence-electron chi connectivity index (χ1n) is 3.78. The first kappa shape index (κ1) is 8.68. The van der Waals surface area contributed by atoms with Crippen LogP contribution in [-0.4, -0.2) is 23.8 Å². The molecule has 0 radical (unpaired) electrons. The van der Waals surface area contributed by atoms with Gasteiger partial charge < -0.3 is 9.47 Å². The molecule has 1 heterocycles. The van der Waals surface area contributed by atoms with Crippen LogP contribution >= 0.6 is 0 Å². The fraction of sp³-hybridized carbons (Fsp3) is 0.875. The Kier molecular flexibility index (Phi) is 2.03. The Bertz CT molecular complexity index is 174. The molecular weight excluding hydrogens is 144 g/mol. The maximum Gasteiger partial charge on any atom is 0.164 e. The van der Waals surface area contributed by atoms with Crippen LogP contribution in [0.5, 0.6) is 0 Å². The standard InChI is InChI=1S/C8H14O3/c1-5(9)7-6(2)10-8(3,4)11-7/h6-7H,1-4H3. The van der Waals surface area contributed by atoms with Gasteiger partial charge in [-0.15, -0.1) is 0 Å². The van der Waals surface area contributed by atoms with Gasteiger partial charge in [0.15, 0.2) is 11.6 Å². The Balaban J connectivity index is 2.66. The van der Waals surface area contributed by atoms with Crippen molar-refractivity contribution in [2.75, 3.05) is 0 Å². The van der Waals surface area contributed by atoms with E-state index < -0.39 is 5.79 Å². The van der Waals surface area contributed by atoms with Crippen LogP contribution in [0.1, 0.15) is 27.7 Å². The van der Waals surface area contributed by atoms with Crippen LogP contribution in [-0.2, 0) is 14.3 Å². The highest BCUT2D eigenvalue weighted by molar-refractivity contribution is 5.81. The van der Waals surface area contributed by atoms with Crippen LogP contribution in [0.15, 0.2) is 0 Å². The number of rotatable bonds is 1. The van der Waals surface area contributed by atoms with Crippen molar-refractivity contribution in [2.45, 2.75) is 45.7 Å². The van der Waals surface area contributed by atoms with Gasteiger partial charge in [-0.25, -0.2) is 0 Å². The lowest BCUT2D eigenvalue weighted by atomic mass is 10.2. The fourth-order valence-electron chi connectivity index (χ4n) is 1.35. The minimum absolute atomic E-state index is 0.0306. The van der Waals surface area contributed by atoms with Gasteiger partial charge in [-0.1, -0.05) is 0 Å². The number of hydrogen-bond donors (Lipinski definition) is 0. The molecule has 0 aromatic heterocycles. The van der Waals surface area contributed by atoms with Gasteiger partial charge in [0.25, 0.3) is 0 Å². The molecule has 1 saturated heterocycles. The molecule has 0 saturated carbocycles. The zero-order chi connectivity index (χ0) is 8.65. The van der Waals surface area contributed by atoms with Crippen LogP contribution < -0.4 is 0 Å². The van der Waals surface area contributed by atoms with Gasteiger partial charge in [0.05, 0.1) is 6.10 Å². The average Bonchev–Trinajstić information content (AvgIpc) is 2.05. The van der Waals surface area contributed by atoms with E-state index in [1.165, 1.54) is 6.92 Å². The molecule has 0 aromatic carbocycles. The predicted octanol–water partition coefficient (Wildman–Crippen LogP) is 1.12. The molecule has 3 nitrogen and oxygen atoms in total. The van der Waals surface area contributed by atoms with E-state index in [1.807, 2.05) is 20.8 Å². The summed E-state index contributed by atoms with van der Waals surface area (Å²) in [5, 5.41) is 0. The summed E-state index contributed by atoms with van der Waals surface area (Å²) < 4.78 is 10.7. The summed E-state index contributed by atoms with van der Waals surface area (Å²) in [6, 6.07) is 0. The van der Waals surface area contributed by atoms with Crippen molar-refractivity contribution in [3.8, 4) is 0 Å². The first-order chi connectivity index (χ1) is 4.92. The second kappa shape index (κ2) is 2.57. The Morgan fingerprint density at radius 3 is 2.09 bits per heavy atom. The van der Waals surface area contributed by atoms with Gasteiger partial charge in [0.1, 0.15) is 6.10 Å². The van der Waals surface area contributed by atoms with Crippen molar-refractivity contribution in [1.82, 2.24) is 0 Å². The average molecular weight is 158 g/mol. The van der Waals surface area contributed by atoms with Crippen LogP contribution in [0.3, 0.4) is 0 Å². The maximum absolute atomic E-state index is 10.9. The van der Waals surface area contributed by atoms with E-state index >= 15 is 0 Å². The first-order valence-corrected chi connectivity index (χ1v) is 3.78. The Morgan fingerprint density at radius 2 is 1.91 bits per heavy atom. The second-order valence-electron chi connectivity index (χ2n) is 3.37. The summed E-state index contributed by atoms with van der Waals surface area (Å²) in [6.45, 7) is 6.99. The summed E-state index contributed by atoms with van der Waals surface area (Å²) in [6.07, 6.45) is -0.507. The number of carbonyl (C=O) groups excluding carboxylic acids is 1. The van der Waals surface area contributed by atoms with E-state index in [0.717, 1.165) is 0 Å². The van der Waals surface area contributed by atoms with Gasteiger partial charge in [-0.2, -0.15) is 0 Å². The van der Waals surface area contributed by atoms with E-state index in [0.29, 0.717) is 0 Å². The monoisotopic (exact) mass is 158 g/mol. The summed E-state index contributed by atoms with van der Waals surface area (Å²) >= 11 is 0. The lowest BCUT2D eigenvalue weighted by Gasteiger charge is -2.15. The van der Waals surface area contributed by atoms with Crippen molar-refractivity contribution in [3.05, 3.63) is 0 Å². The second-order valence-corrected chi connectivity index (χ2v) is 3.37. The molecular formula is C8H14O3. The van der Waals surface area contributed by atoms with Gasteiger partial charge >= 0.3 is 0 Å². The topological polar surface area (TPSA) is 35.5 Å². The van der Waals surface area contributed by atoms with E-state index in [1.54, 1.807) is 0 Å². The minimum atomic E-state index is -0.601. The summed E-state index contributed by atoms with van der Waals surface area (Å²) in [7, 11) is 0.